The van der Waals surface area contributed by atoms with E-state index in [1.165, 1.54) is 6.20 Å². The van der Waals surface area contributed by atoms with Crippen molar-refractivity contribution < 1.29 is 8.42 Å². The minimum atomic E-state index is -3.58. The van der Waals surface area contributed by atoms with Gasteiger partial charge in [0.2, 0.25) is 10.0 Å². The summed E-state index contributed by atoms with van der Waals surface area (Å²) in [5.41, 5.74) is 0.818. The Balaban J connectivity index is 1.95. The van der Waals surface area contributed by atoms with Gasteiger partial charge in [-0.2, -0.15) is 5.21 Å². The normalized spacial score (nSPS) is 11.8. The van der Waals surface area contributed by atoms with E-state index in [2.05, 4.69) is 42.6 Å². The molecule has 0 amide bonds. The van der Waals surface area contributed by atoms with Crippen LogP contribution in [0.3, 0.4) is 0 Å². The van der Waals surface area contributed by atoms with Crippen molar-refractivity contribution in [2.75, 3.05) is 6.54 Å². The summed E-state index contributed by atoms with van der Waals surface area (Å²) in [5.74, 6) is 0.286. The first-order chi connectivity index (χ1) is 9.62. The van der Waals surface area contributed by atoms with Crippen molar-refractivity contribution in [2.45, 2.75) is 31.3 Å². The summed E-state index contributed by atoms with van der Waals surface area (Å²) >= 11 is 0. The van der Waals surface area contributed by atoms with Gasteiger partial charge in [0.05, 0.1) is 11.4 Å². The molecule has 20 heavy (non-hydrogen) atoms. The van der Waals surface area contributed by atoms with Crippen LogP contribution in [0.15, 0.2) is 17.2 Å². The van der Waals surface area contributed by atoms with Gasteiger partial charge in [-0.1, -0.05) is 12.1 Å². The number of hydrogen-bond donors (Lipinski definition) is 4. The Morgan fingerprint density at radius 1 is 1.35 bits per heavy atom. The fourth-order valence-electron chi connectivity index (χ4n) is 1.58. The average Bonchev–Trinajstić information content (AvgIpc) is 3.08. The van der Waals surface area contributed by atoms with Gasteiger partial charge >= 0.3 is 0 Å². The van der Waals surface area contributed by atoms with Gasteiger partial charge in [-0.05, 0) is 19.0 Å². The van der Waals surface area contributed by atoms with E-state index in [9.17, 15) is 8.42 Å². The number of rotatable bonds is 8. The predicted octanol–water partition coefficient (Wildman–Crippen LogP) is -0.494. The Morgan fingerprint density at radius 2 is 2.20 bits per heavy atom. The lowest BCUT2D eigenvalue weighted by molar-refractivity contribution is 0.579. The number of tetrazole rings is 1. The van der Waals surface area contributed by atoms with Crippen LogP contribution >= 0.6 is 0 Å². The molecule has 2 aromatic heterocycles. The third-order valence-corrected chi connectivity index (χ3v) is 3.96. The fraction of sp³-hybridized carbons (Fsp3) is 0.500. The summed E-state index contributed by atoms with van der Waals surface area (Å²) in [7, 11) is -3.58. The molecular formula is C10H17N7O2S. The molecule has 2 heterocycles. The Bertz CT molecular complexity index is 620. The Kier molecular flexibility index (Phi) is 4.82. The molecule has 10 heteroatoms. The lowest BCUT2D eigenvalue weighted by Crippen LogP contribution is -2.23. The highest BCUT2D eigenvalue weighted by molar-refractivity contribution is 7.89. The maximum absolute atomic E-state index is 12.0. The molecule has 0 spiro atoms. The Labute approximate surface area is 116 Å². The van der Waals surface area contributed by atoms with Crippen LogP contribution in [0.25, 0.3) is 0 Å². The average molecular weight is 299 g/mol. The van der Waals surface area contributed by atoms with Crippen molar-refractivity contribution in [3.05, 3.63) is 23.8 Å². The third kappa shape index (κ3) is 3.85. The molecule has 0 unspecified atom stereocenters. The van der Waals surface area contributed by atoms with Gasteiger partial charge in [0, 0.05) is 18.4 Å². The van der Waals surface area contributed by atoms with Crippen LogP contribution in [-0.2, 0) is 23.1 Å². The van der Waals surface area contributed by atoms with Crippen molar-refractivity contribution in [3.63, 3.8) is 0 Å². The number of nitrogens with zero attached hydrogens (tertiary/aromatic N) is 3. The monoisotopic (exact) mass is 299 g/mol. The van der Waals surface area contributed by atoms with Gasteiger partial charge in [0.15, 0.2) is 5.82 Å². The van der Waals surface area contributed by atoms with Crippen LogP contribution in [-0.4, -0.2) is 40.6 Å². The highest BCUT2D eigenvalue weighted by Gasteiger charge is 2.16. The van der Waals surface area contributed by atoms with Gasteiger partial charge in [0.25, 0.3) is 0 Å². The van der Waals surface area contributed by atoms with Crippen LogP contribution in [0.2, 0.25) is 0 Å². The van der Waals surface area contributed by atoms with Crippen molar-refractivity contribution in [1.29, 1.82) is 0 Å². The van der Waals surface area contributed by atoms with E-state index in [0.717, 1.165) is 18.7 Å². The number of nitrogens with one attached hydrogen (secondary N) is 4. The Hall–Kier alpha value is -1.78. The van der Waals surface area contributed by atoms with Crippen LogP contribution in [0, 0.1) is 0 Å². The maximum Gasteiger partial charge on any atom is 0.242 e. The van der Waals surface area contributed by atoms with Gasteiger partial charge in [0.1, 0.15) is 0 Å². The molecule has 2 aromatic rings. The first-order valence-corrected chi connectivity index (χ1v) is 7.70. The van der Waals surface area contributed by atoms with Crippen molar-refractivity contribution in [1.82, 2.24) is 35.6 Å². The molecule has 0 saturated carbocycles. The Morgan fingerprint density at radius 3 is 2.90 bits per heavy atom. The summed E-state index contributed by atoms with van der Waals surface area (Å²) in [6, 6.07) is 1.60. The van der Waals surface area contributed by atoms with Gasteiger partial charge in [-0.3, -0.25) is 0 Å². The van der Waals surface area contributed by atoms with E-state index in [0.29, 0.717) is 6.54 Å². The quantitative estimate of drug-likeness (QED) is 0.487. The second-order valence-corrected chi connectivity index (χ2v) is 5.96. The maximum atomic E-state index is 12.0. The molecule has 9 nitrogen and oxygen atoms in total. The largest absolute Gasteiger partial charge is 0.363 e. The van der Waals surface area contributed by atoms with Crippen molar-refractivity contribution in [3.8, 4) is 0 Å². The zero-order chi connectivity index (χ0) is 14.4. The van der Waals surface area contributed by atoms with Crippen LogP contribution in [0.1, 0.15) is 24.9 Å². The van der Waals surface area contributed by atoms with E-state index in [1.807, 2.05) is 0 Å². The topological polar surface area (TPSA) is 128 Å². The number of aromatic amines is 2. The molecule has 4 N–H and O–H groups in total. The smallest absolute Gasteiger partial charge is 0.242 e. The van der Waals surface area contributed by atoms with Crippen molar-refractivity contribution >= 4 is 10.0 Å². The fourth-order valence-corrected chi connectivity index (χ4v) is 2.57. The van der Waals surface area contributed by atoms with E-state index in [1.54, 1.807) is 6.07 Å². The molecule has 0 aromatic carbocycles. The molecule has 0 aliphatic rings. The van der Waals surface area contributed by atoms with E-state index in [-0.39, 0.29) is 17.3 Å². The standard InChI is InChI=1S/C10H17N7O2S/c1-2-3-11-5-8-4-9(6-12-8)20(18,19)13-7-10-14-16-17-15-10/h4,6,11-13H,2-3,5,7H2,1H3,(H,14,15,16,17). The second-order valence-electron chi connectivity index (χ2n) is 4.19. The SMILES string of the molecule is CCCNCc1cc(S(=O)(=O)NCc2nn[nH]n2)c[nH]1. The third-order valence-electron chi connectivity index (χ3n) is 2.58. The van der Waals surface area contributed by atoms with Crippen molar-refractivity contribution in [2.24, 2.45) is 0 Å². The predicted molar refractivity (Wildman–Crippen MR) is 71.0 cm³/mol. The second kappa shape index (κ2) is 6.59. The number of H-pyrrole nitrogens is 2. The summed E-state index contributed by atoms with van der Waals surface area (Å²) in [6.45, 7) is 3.55. The zero-order valence-electron chi connectivity index (χ0n) is 11.0. The van der Waals surface area contributed by atoms with Gasteiger partial charge in [-0.25, -0.2) is 13.1 Å². The molecule has 0 saturated heterocycles. The molecular weight excluding hydrogens is 282 g/mol. The molecule has 2 rings (SSSR count). The molecule has 110 valence electrons. The zero-order valence-corrected chi connectivity index (χ0v) is 11.9. The summed E-state index contributed by atoms with van der Waals surface area (Å²) in [6.07, 6.45) is 2.49. The van der Waals surface area contributed by atoms with Gasteiger partial charge < -0.3 is 10.3 Å². The summed E-state index contributed by atoms with van der Waals surface area (Å²) < 4.78 is 26.5. The molecule has 0 bridgehead atoms. The van der Waals surface area contributed by atoms with E-state index in [4.69, 9.17) is 0 Å². The van der Waals surface area contributed by atoms with Gasteiger partial charge in [-0.15, -0.1) is 10.2 Å². The minimum Gasteiger partial charge on any atom is -0.363 e. The lowest BCUT2D eigenvalue weighted by Gasteiger charge is -2.01. The number of hydrogen-bond acceptors (Lipinski definition) is 6. The number of sulfonamides is 1. The number of aromatic nitrogens is 5. The lowest BCUT2D eigenvalue weighted by atomic mass is 10.4. The van der Waals surface area contributed by atoms with E-state index < -0.39 is 10.0 Å². The summed E-state index contributed by atoms with van der Waals surface area (Å²) in [5, 5.41) is 16.2. The van der Waals surface area contributed by atoms with E-state index >= 15 is 0 Å². The van der Waals surface area contributed by atoms with Crippen LogP contribution in [0.4, 0.5) is 0 Å². The minimum absolute atomic E-state index is 0.00652. The first-order valence-electron chi connectivity index (χ1n) is 6.22. The molecule has 0 radical (unpaired) electrons. The molecule has 0 aliphatic heterocycles. The highest BCUT2D eigenvalue weighted by Crippen LogP contribution is 2.10. The molecule has 0 fully saturated rings. The highest BCUT2D eigenvalue weighted by atomic mass is 32.2. The molecule has 0 aliphatic carbocycles. The first kappa shape index (κ1) is 14.6. The molecule has 0 atom stereocenters. The van der Waals surface area contributed by atoms with Crippen LogP contribution in [0.5, 0.6) is 0 Å². The summed E-state index contributed by atoms with van der Waals surface area (Å²) in [4.78, 5) is 3.12. The van der Waals surface area contributed by atoms with Crippen LogP contribution < -0.4 is 10.0 Å².